The van der Waals surface area contributed by atoms with Gasteiger partial charge in [-0.2, -0.15) is 5.26 Å². The molecule has 0 bridgehead atoms. The lowest BCUT2D eigenvalue weighted by Crippen LogP contribution is -2.29. The topological polar surface area (TPSA) is 128 Å². The molecule has 8 nitrogen and oxygen atoms in total. The minimum absolute atomic E-state index is 0.274. The van der Waals surface area contributed by atoms with Gasteiger partial charge in [0.25, 0.3) is 15.2 Å². The number of primary sulfonamides is 1. The standard InChI is InChI=1S/C12H14N6O2S/c1-12(2,3)18-10(16-17-11(18)21(14,19)20)9-5-4-8(6-13)7-15-9/h4-5,7H,1-3H3,(H2,14,19,20). The first-order valence-electron chi connectivity index (χ1n) is 6.00. The molecule has 0 spiro atoms. The monoisotopic (exact) mass is 306 g/mol. The second-order valence-electron chi connectivity index (χ2n) is 5.40. The Morgan fingerprint density at radius 3 is 2.38 bits per heavy atom. The third-order valence-electron chi connectivity index (χ3n) is 2.68. The first-order chi connectivity index (χ1) is 9.64. The van der Waals surface area contributed by atoms with Crippen LogP contribution in [0.5, 0.6) is 0 Å². The van der Waals surface area contributed by atoms with Crippen LogP contribution >= 0.6 is 0 Å². The van der Waals surface area contributed by atoms with Crippen LogP contribution in [0.25, 0.3) is 11.5 Å². The van der Waals surface area contributed by atoms with Crippen LogP contribution in [0.2, 0.25) is 0 Å². The van der Waals surface area contributed by atoms with Crippen molar-refractivity contribution in [3.05, 3.63) is 23.9 Å². The molecule has 0 amide bonds. The molecule has 0 unspecified atom stereocenters. The maximum atomic E-state index is 11.6. The highest BCUT2D eigenvalue weighted by Crippen LogP contribution is 2.26. The van der Waals surface area contributed by atoms with Crippen molar-refractivity contribution in [2.45, 2.75) is 31.5 Å². The average Bonchev–Trinajstić information content (AvgIpc) is 2.83. The summed E-state index contributed by atoms with van der Waals surface area (Å²) in [6, 6.07) is 5.11. The van der Waals surface area contributed by atoms with Crippen LogP contribution in [0, 0.1) is 11.3 Å². The molecule has 9 heteroatoms. The van der Waals surface area contributed by atoms with Gasteiger partial charge in [-0.05, 0) is 32.9 Å². The molecule has 0 aliphatic heterocycles. The number of nitrogens with two attached hydrogens (primary N) is 1. The van der Waals surface area contributed by atoms with Gasteiger partial charge in [-0.1, -0.05) is 0 Å². The number of rotatable bonds is 2. The Morgan fingerprint density at radius 1 is 1.29 bits per heavy atom. The van der Waals surface area contributed by atoms with Gasteiger partial charge < -0.3 is 0 Å². The van der Waals surface area contributed by atoms with Crippen molar-refractivity contribution < 1.29 is 8.42 Å². The van der Waals surface area contributed by atoms with Crippen molar-refractivity contribution >= 4 is 10.0 Å². The summed E-state index contributed by atoms with van der Waals surface area (Å²) in [7, 11) is -4.01. The van der Waals surface area contributed by atoms with E-state index < -0.39 is 15.6 Å². The van der Waals surface area contributed by atoms with Crippen molar-refractivity contribution in [2.24, 2.45) is 5.14 Å². The number of hydrogen-bond donors (Lipinski definition) is 1. The summed E-state index contributed by atoms with van der Waals surface area (Å²) < 4.78 is 24.7. The third kappa shape index (κ3) is 2.91. The van der Waals surface area contributed by atoms with Crippen molar-refractivity contribution in [3.63, 3.8) is 0 Å². The van der Waals surface area contributed by atoms with Gasteiger partial charge in [0, 0.05) is 11.7 Å². The predicted molar refractivity (Wildman–Crippen MR) is 74.3 cm³/mol. The highest BCUT2D eigenvalue weighted by molar-refractivity contribution is 7.89. The molecule has 2 aromatic heterocycles. The Balaban J connectivity index is 2.70. The Bertz CT molecular complexity index is 809. The number of hydrogen-bond acceptors (Lipinski definition) is 6. The van der Waals surface area contributed by atoms with E-state index in [4.69, 9.17) is 10.4 Å². The van der Waals surface area contributed by atoms with Crippen LogP contribution in [-0.4, -0.2) is 28.2 Å². The average molecular weight is 306 g/mol. The summed E-state index contributed by atoms with van der Waals surface area (Å²) in [6.45, 7) is 5.41. The maximum Gasteiger partial charge on any atom is 0.273 e. The van der Waals surface area contributed by atoms with Crippen LogP contribution in [0.4, 0.5) is 0 Å². The van der Waals surface area contributed by atoms with Crippen molar-refractivity contribution in [1.82, 2.24) is 19.7 Å². The van der Waals surface area contributed by atoms with Crippen LogP contribution in [0.1, 0.15) is 26.3 Å². The molecule has 0 saturated carbocycles. The highest BCUT2D eigenvalue weighted by atomic mass is 32.2. The van der Waals surface area contributed by atoms with Crippen LogP contribution < -0.4 is 5.14 Å². The van der Waals surface area contributed by atoms with E-state index in [9.17, 15) is 8.42 Å². The van der Waals surface area contributed by atoms with Gasteiger partial charge in [-0.3, -0.25) is 9.55 Å². The fraction of sp³-hybridized carbons (Fsp3) is 0.333. The SMILES string of the molecule is CC(C)(C)n1c(-c2ccc(C#N)cn2)nnc1S(N)(=O)=O. The smallest absolute Gasteiger partial charge is 0.273 e. The quantitative estimate of drug-likeness (QED) is 0.866. The first kappa shape index (κ1) is 15.1. The molecule has 21 heavy (non-hydrogen) atoms. The fourth-order valence-electron chi connectivity index (χ4n) is 1.82. The largest absolute Gasteiger partial charge is 0.290 e. The Morgan fingerprint density at radius 2 is 1.95 bits per heavy atom. The van der Waals surface area contributed by atoms with E-state index in [-0.39, 0.29) is 11.0 Å². The van der Waals surface area contributed by atoms with E-state index in [0.717, 1.165) is 0 Å². The molecule has 2 heterocycles. The van der Waals surface area contributed by atoms with E-state index in [2.05, 4.69) is 15.2 Å². The minimum atomic E-state index is -4.01. The lowest BCUT2D eigenvalue weighted by Gasteiger charge is -2.23. The molecule has 0 atom stereocenters. The second-order valence-corrected chi connectivity index (χ2v) is 6.86. The summed E-state index contributed by atoms with van der Waals surface area (Å²) in [5, 5.41) is 21.2. The third-order valence-corrected chi connectivity index (χ3v) is 3.45. The Labute approximate surface area is 122 Å². The Kier molecular flexibility index (Phi) is 3.52. The van der Waals surface area contributed by atoms with E-state index in [0.29, 0.717) is 11.3 Å². The lowest BCUT2D eigenvalue weighted by atomic mass is 10.1. The second kappa shape index (κ2) is 4.91. The van der Waals surface area contributed by atoms with Gasteiger partial charge in [-0.25, -0.2) is 13.6 Å². The molecule has 0 radical (unpaired) electrons. The zero-order valence-corrected chi connectivity index (χ0v) is 12.6. The molecule has 2 N–H and O–H groups in total. The number of pyridine rings is 1. The molecule has 2 rings (SSSR count). The minimum Gasteiger partial charge on any atom is -0.290 e. The molecule has 0 aromatic carbocycles. The van der Waals surface area contributed by atoms with Crippen molar-refractivity contribution in [3.8, 4) is 17.6 Å². The van der Waals surface area contributed by atoms with Crippen LogP contribution in [0.3, 0.4) is 0 Å². The van der Waals surface area contributed by atoms with Crippen LogP contribution in [0.15, 0.2) is 23.5 Å². The van der Waals surface area contributed by atoms with Gasteiger partial charge in [0.1, 0.15) is 11.8 Å². The summed E-state index contributed by atoms with van der Waals surface area (Å²) in [6.07, 6.45) is 1.38. The number of nitriles is 1. The van der Waals surface area contributed by atoms with E-state index >= 15 is 0 Å². The molecule has 0 fully saturated rings. The molecular formula is C12H14N6O2S. The van der Waals surface area contributed by atoms with Gasteiger partial charge >= 0.3 is 0 Å². The Hall–Kier alpha value is -2.31. The molecule has 110 valence electrons. The fourth-order valence-corrected chi connectivity index (χ4v) is 2.59. The molecular weight excluding hydrogens is 292 g/mol. The number of sulfonamides is 1. The lowest BCUT2D eigenvalue weighted by molar-refractivity contribution is 0.365. The van der Waals surface area contributed by atoms with Gasteiger partial charge in [0.05, 0.1) is 5.56 Å². The first-order valence-corrected chi connectivity index (χ1v) is 7.54. The van der Waals surface area contributed by atoms with Gasteiger partial charge in [0.2, 0.25) is 0 Å². The van der Waals surface area contributed by atoms with E-state index in [1.165, 1.54) is 10.8 Å². The summed E-state index contributed by atoms with van der Waals surface area (Å²) in [5.41, 5.74) is 0.189. The summed E-state index contributed by atoms with van der Waals surface area (Å²) in [4.78, 5) is 4.11. The van der Waals surface area contributed by atoms with Gasteiger partial charge in [0.15, 0.2) is 5.82 Å². The molecule has 0 aliphatic rings. The zero-order valence-electron chi connectivity index (χ0n) is 11.8. The molecule has 2 aromatic rings. The van der Waals surface area contributed by atoms with E-state index in [1.54, 1.807) is 32.9 Å². The van der Waals surface area contributed by atoms with E-state index in [1.807, 2.05) is 6.07 Å². The van der Waals surface area contributed by atoms with Crippen molar-refractivity contribution in [1.29, 1.82) is 5.26 Å². The summed E-state index contributed by atoms with van der Waals surface area (Å²) in [5.74, 6) is 0.274. The predicted octanol–water partition coefficient (Wildman–Crippen LogP) is 0.614. The maximum absolute atomic E-state index is 11.6. The summed E-state index contributed by atoms with van der Waals surface area (Å²) >= 11 is 0. The van der Waals surface area contributed by atoms with Crippen LogP contribution in [-0.2, 0) is 15.6 Å². The van der Waals surface area contributed by atoms with Gasteiger partial charge in [-0.15, -0.1) is 10.2 Å². The highest BCUT2D eigenvalue weighted by Gasteiger charge is 2.29. The molecule has 0 aliphatic carbocycles. The number of nitrogens with zero attached hydrogens (tertiary/aromatic N) is 5. The zero-order chi connectivity index (χ0) is 15.8. The normalized spacial score (nSPS) is 12.1. The van der Waals surface area contributed by atoms with Crippen molar-refractivity contribution in [2.75, 3.05) is 0 Å². The number of aromatic nitrogens is 4. The molecule has 0 saturated heterocycles.